The highest BCUT2D eigenvalue weighted by atomic mass is 32.1. The number of hydrogen-bond donors (Lipinski definition) is 2. The van der Waals surface area contributed by atoms with Gasteiger partial charge in [-0.15, -0.1) is 0 Å². The molecule has 0 atom stereocenters. The van der Waals surface area contributed by atoms with E-state index in [0.29, 0.717) is 12.1 Å². The minimum atomic E-state index is -0.0779. The number of aromatic nitrogens is 1. The number of methoxy groups -OCH3 is 1. The summed E-state index contributed by atoms with van der Waals surface area (Å²) in [5.74, 6) is 1.62. The van der Waals surface area contributed by atoms with Crippen molar-refractivity contribution >= 4 is 33.3 Å². The Bertz CT molecular complexity index is 1160. The van der Waals surface area contributed by atoms with Gasteiger partial charge in [-0.25, -0.2) is 0 Å². The summed E-state index contributed by atoms with van der Waals surface area (Å²) >= 11 is 1.49. The summed E-state index contributed by atoms with van der Waals surface area (Å²) in [4.78, 5) is 12.6. The third kappa shape index (κ3) is 4.44. The third-order valence-corrected chi connectivity index (χ3v) is 5.68. The fourth-order valence-electron chi connectivity index (χ4n) is 3.32. The average molecular weight is 418 g/mol. The molecule has 0 unspecified atom stereocenters. The van der Waals surface area contributed by atoms with Crippen molar-refractivity contribution in [2.75, 3.05) is 25.5 Å². The lowest BCUT2D eigenvalue weighted by atomic mass is 10.0. The Kier molecular flexibility index (Phi) is 6.25. The summed E-state index contributed by atoms with van der Waals surface area (Å²) in [7, 11) is 1.65. The maximum absolute atomic E-state index is 12.6. The number of nitrogens with zero attached hydrogens (tertiary/aromatic N) is 1. The number of ether oxygens (including phenoxy) is 1. The number of hydrogen-bond acceptors (Lipinski definition) is 5. The average Bonchev–Trinajstić information content (AvgIpc) is 3.22. The minimum absolute atomic E-state index is 0.0779. The molecule has 2 N–H and O–H groups in total. The van der Waals surface area contributed by atoms with Gasteiger partial charge < -0.3 is 15.4 Å². The molecule has 1 aromatic heterocycles. The van der Waals surface area contributed by atoms with Gasteiger partial charge in [-0.05, 0) is 53.8 Å². The van der Waals surface area contributed by atoms with Crippen LogP contribution in [0.15, 0.2) is 72.8 Å². The van der Waals surface area contributed by atoms with Crippen molar-refractivity contribution in [2.24, 2.45) is 0 Å². The molecule has 0 spiro atoms. The zero-order valence-electron chi connectivity index (χ0n) is 16.7. The molecule has 0 aliphatic heterocycles. The van der Waals surface area contributed by atoms with Gasteiger partial charge >= 0.3 is 0 Å². The van der Waals surface area contributed by atoms with E-state index in [0.717, 1.165) is 41.0 Å². The number of fused-ring (bicyclic) bond motifs is 1. The Morgan fingerprint density at radius 3 is 2.73 bits per heavy atom. The Labute approximate surface area is 179 Å². The molecular weight excluding hydrogens is 394 g/mol. The van der Waals surface area contributed by atoms with Gasteiger partial charge in [0.15, 0.2) is 0 Å². The summed E-state index contributed by atoms with van der Waals surface area (Å²) in [6.07, 6.45) is 0.809. The highest BCUT2D eigenvalue weighted by molar-refractivity contribution is 7.13. The van der Waals surface area contributed by atoms with Crippen molar-refractivity contribution in [3.05, 3.63) is 78.4 Å². The predicted molar refractivity (Wildman–Crippen MR) is 123 cm³/mol. The van der Waals surface area contributed by atoms with E-state index in [1.807, 2.05) is 60.7 Å². The zero-order chi connectivity index (χ0) is 20.8. The Hall–Kier alpha value is -3.38. The van der Waals surface area contributed by atoms with E-state index in [1.54, 1.807) is 7.11 Å². The molecule has 0 saturated heterocycles. The molecule has 3 aromatic carbocycles. The van der Waals surface area contributed by atoms with E-state index in [-0.39, 0.29) is 5.91 Å². The maximum atomic E-state index is 12.6. The van der Waals surface area contributed by atoms with Crippen LogP contribution in [0.1, 0.15) is 16.8 Å². The number of nitrogens with one attached hydrogen (secondary N) is 2. The zero-order valence-corrected chi connectivity index (χ0v) is 17.5. The monoisotopic (exact) mass is 417 g/mol. The molecular formula is C24H23N3O2S. The largest absolute Gasteiger partial charge is 0.496 e. The van der Waals surface area contributed by atoms with Crippen molar-refractivity contribution < 1.29 is 9.53 Å². The second kappa shape index (κ2) is 9.41. The maximum Gasteiger partial charge on any atom is 0.251 e. The predicted octanol–water partition coefficient (Wildman–Crippen LogP) is 5.20. The van der Waals surface area contributed by atoms with E-state index in [9.17, 15) is 4.79 Å². The van der Waals surface area contributed by atoms with Crippen molar-refractivity contribution in [3.63, 3.8) is 0 Å². The highest BCUT2D eigenvalue weighted by Crippen LogP contribution is 2.30. The molecule has 30 heavy (non-hydrogen) atoms. The summed E-state index contributed by atoms with van der Waals surface area (Å²) in [5, 5.41) is 7.49. The van der Waals surface area contributed by atoms with Gasteiger partial charge in [0.05, 0.1) is 11.8 Å². The van der Waals surface area contributed by atoms with Crippen LogP contribution in [0.4, 0.5) is 5.82 Å². The van der Waals surface area contributed by atoms with E-state index in [4.69, 9.17) is 4.74 Å². The van der Waals surface area contributed by atoms with E-state index >= 15 is 0 Å². The summed E-state index contributed by atoms with van der Waals surface area (Å²) in [5.41, 5.74) is 2.56. The van der Waals surface area contributed by atoms with Crippen molar-refractivity contribution in [1.29, 1.82) is 0 Å². The summed E-state index contributed by atoms with van der Waals surface area (Å²) in [6.45, 7) is 1.34. The van der Waals surface area contributed by atoms with E-state index in [2.05, 4.69) is 27.1 Å². The number of carbonyl (C=O) groups excluding carboxylic acids is 1. The molecule has 1 amide bonds. The Morgan fingerprint density at radius 2 is 1.83 bits per heavy atom. The molecule has 4 rings (SSSR count). The lowest BCUT2D eigenvalue weighted by Gasteiger charge is -2.10. The number of para-hydroxylation sites is 1. The van der Waals surface area contributed by atoms with Crippen molar-refractivity contribution in [2.45, 2.75) is 6.42 Å². The topological polar surface area (TPSA) is 63.2 Å². The second-order valence-corrected chi connectivity index (χ2v) is 7.65. The smallest absolute Gasteiger partial charge is 0.251 e. The Balaban J connectivity index is 1.31. The quantitative estimate of drug-likeness (QED) is 0.387. The minimum Gasteiger partial charge on any atom is -0.496 e. The van der Waals surface area contributed by atoms with Crippen LogP contribution in [0.3, 0.4) is 0 Å². The first-order valence-corrected chi connectivity index (χ1v) is 10.6. The normalized spacial score (nSPS) is 10.7. The van der Waals surface area contributed by atoms with Crippen LogP contribution in [-0.4, -0.2) is 30.5 Å². The molecule has 0 aliphatic carbocycles. The highest BCUT2D eigenvalue weighted by Gasteiger charge is 2.10. The van der Waals surface area contributed by atoms with Crippen LogP contribution in [0.5, 0.6) is 5.75 Å². The number of benzene rings is 3. The van der Waals surface area contributed by atoms with Crippen LogP contribution < -0.4 is 15.4 Å². The fourth-order valence-corrected chi connectivity index (χ4v) is 4.08. The molecule has 1 heterocycles. The first kappa shape index (κ1) is 19.9. The van der Waals surface area contributed by atoms with E-state index in [1.165, 1.54) is 16.2 Å². The summed E-state index contributed by atoms with van der Waals surface area (Å²) in [6, 6.07) is 23.6. The van der Waals surface area contributed by atoms with Crippen LogP contribution in [0.25, 0.3) is 21.2 Å². The molecule has 0 radical (unpaired) electrons. The van der Waals surface area contributed by atoms with Gasteiger partial charge in [-0.1, -0.05) is 42.5 Å². The van der Waals surface area contributed by atoms with Crippen LogP contribution >= 0.6 is 11.5 Å². The van der Waals surface area contributed by atoms with Crippen molar-refractivity contribution in [3.8, 4) is 16.9 Å². The van der Waals surface area contributed by atoms with Crippen LogP contribution in [0, 0.1) is 0 Å². The molecule has 0 aliphatic rings. The molecule has 0 bridgehead atoms. The first-order chi connectivity index (χ1) is 14.8. The fraction of sp³-hybridized carbons (Fsp3) is 0.167. The van der Waals surface area contributed by atoms with Gasteiger partial charge in [0.25, 0.3) is 5.91 Å². The van der Waals surface area contributed by atoms with Crippen LogP contribution in [0.2, 0.25) is 0 Å². The molecule has 5 nitrogen and oxygen atoms in total. The molecule has 4 aromatic rings. The number of amides is 1. The number of rotatable bonds is 8. The molecule has 0 fully saturated rings. The first-order valence-electron chi connectivity index (χ1n) is 9.86. The van der Waals surface area contributed by atoms with Gasteiger partial charge in [0.2, 0.25) is 0 Å². The van der Waals surface area contributed by atoms with Crippen molar-refractivity contribution in [1.82, 2.24) is 9.69 Å². The molecule has 6 heteroatoms. The van der Waals surface area contributed by atoms with Gasteiger partial charge in [0, 0.05) is 29.6 Å². The molecule has 152 valence electrons. The lowest BCUT2D eigenvalue weighted by molar-refractivity contribution is 0.0953. The summed E-state index contributed by atoms with van der Waals surface area (Å²) < 4.78 is 11.1. The third-order valence-electron chi connectivity index (χ3n) is 4.85. The standard InChI is InChI=1S/C24H23N3O2S/c1-29-21-12-4-2-10-19(21)17-8-6-9-18(16-17)24(28)26-15-7-14-25-23-20-11-3-5-13-22(20)30-27-23/h2-6,8-13,16H,7,14-15H2,1H3,(H,25,27)(H,26,28). The second-order valence-electron chi connectivity index (χ2n) is 6.84. The number of carbonyl (C=O) groups is 1. The van der Waals surface area contributed by atoms with E-state index < -0.39 is 0 Å². The number of anilines is 1. The SMILES string of the molecule is COc1ccccc1-c1cccc(C(=O)NCCCNc2nsc3ccccc23)c1. The van der Waals surface area contributed by atoms with Gasteiger partial charge in [-0.2, -0.15) is 4.37 Å². The lowest BCUT2D eigenvalue weighted by Crippen LogP contribution is -2.25. The molecule has 0 saturated carbocycles. The Morgan fingerprint density at radius 1 is 1.00 bits per heavy atom. The van der Waals surface area contributed by atoms with Gasteiger partial charge in [-0.3, -0.25) is 4.79 Å². The van der Waals surface area contributed by atoms with Gasteiger partial charge in [0.1, 0.15) is 11.6 Å². The van der Waals surface area contributed by atoms with Crippen LogP contribution in [-0.2, 0) is 0 Å².